The fraction of sp³-hybridized carbons (Fsp3) is 0. The number of rotatable bonds is 3. The molecule has 0 bridgehead atoms. The Kier molecular flexibility index (Phi) is 2.64. The summed E-state index contributed by atoms with van der Waals surface area (Å²) in [6.45, 7) is 0. The summed E-state index contributed by atoms with van der Waals surface area (Å²) < 4.78 is 31.0. The van der Waals surface area contributed by atoms with Crippen LogP contribution in [0.1, 0.15) is 10.4 Å². The lowest BCUT2D eigenvalue weighted by Gasteiger charge is -2.03. The second kappa shape index (κ2) is 3.55. The molecule has 2 N–H and O–H groups in total. The molecule has 0 spiro atoms. The SMILES string of the molecule is O=Cc1ccccc1NS(=O)(=O)O. The summed E-state index contributed by atoms with van der Waals surface area (Å²) >= 11 is 0. The van der Waals surface area contributed by atoms with Crippen LogP contribution in [0, 0.1) is 0 Å². The second-order valence-corrected chi connectivity index (χ2v) is 3.44. The van der Waals surface area contributed by atoms with Gasteiger partial charge in [0.05, 0.1) is 5.69 Å². The predicted octanol–water partition coefficient (Wildman–Crippen LogP) is 0.714. The zero-order valence-electron chi connectivity index (χ0n) is 6.47. The monoisotopic (exact) mass is 201 g/mol. The van der Waals surface area contributed by atoms with Crippen LogP contribution in [0.3, 0.4) is 0 Å². The molecule has 0 unspecified atom stereocenters. The lowest BCUT2D eigenvalue weighted by atomic mass is 10.2. The maximum Gasteiger partial charge on any atom is 0.357 e. The lowest BCUT2D eigenvalue weighted by Crippen LogP contribution is -2.11. The average Bonchev–Trinajstić information content (AvgIpc) is 2.02. The summed E-state index contributed by atoms with van der Waals surface area (Å²) in [5.74, 6) is 0. The smallest absolute Gasteiger partial charge is 0.298 e. The average molecular weight is 201 g/mol. The molecule has 0 fully saturated rings. The van der Waals surface area contributed by atoms with Crippen molar-refractivity contribution >= 4 is 22.3 Å². The summed E-state index contributed by atoms with van der Waals surface area (Å²) in [7, 11) is -4.32. The fourth-order valence-electron chi connectivity index (χ4n) is 0.832. The molecular weight excluding hydrogens is 194 g/mol. The van der Waals surface area contributed by atoms with Crippen LogP contribution in [0.2, 0.25) is 0 Å². The number of aldehydes is 1. The van der Waals surface area contributed by atoms with Gasteiger partial charge in [-0.25, -0.2) is 0 Å². The number of para-hydroxylation sites is 1. The molecule has 0 atom stereocenters. The third-order valence-corrected chi connectivity index (χ3v) is 1.80. The topological polar surface area (TPSA) is 83.5 Å². The molecule has 0 saturated heterocycles. The number of hydrogen-bond donors (Lipinski definition) is 2. The van der Waals surface area contributed by atoms with Gasteiger partial charge in [-0.15, -0.1) is 0 Å². The maximum absolute atomic E-state index is 10.4. The van der Waals surface area contributed by atoms with E-state index in [1.54, 1.807) is 16.9 Å². The van der Waals surface area contributed by atoms with Crippen LogP contribution in [0.25, 0.3) is 0 Å². The van der Waals surface area contributed by atoms with Gasteiger partial charge in [0.15, 0.2) is 6.29 Å². The van der Waals surface area contributed by atoms with Crippen molar-refractivity contribution in [3.8, 4) is 0 Å². The van der Waals surface area contributed by atoms with Crippen molar-refractivity contribution in [2.75, 3.05) is 4.72 Å². The molecule has 0 aliphatic rings. The third kappa shape index (κ3) is 2.85. The van der Waals surface area contributed by atoms with Crippen molar-refractivity contribution in [2.45, 2.75) is 0 Å². The van der Waals surface area contributed by atoms with Crippen LogP contribution in [0.5, 0.6) is 0 Å². The van der Waals surface area contributed by atoms with Gasteiger partial charge in [-0.2, -0.15) is 8.42 Å². The molecule has 0 radical (unpaired) electrons. The Morgan fingerprint density at radius 1 is 1.31 bits per heavy atom. The largest absolute Gasteiger partial charge is 0.357 e. The molecule has 6 heteroatoms. The minimum absolute atomic E-state index is 0.0556. The van der Waals surface area contributed by atoms with Crippen LogP contribution in [-0.2, 0) is 10.3 Å². The van der Waals surface area contributed by atoms with E-state index < -0.39 is 10.3 Å². The lowest BCUT2D eigenvalue weighted by molar-refractivity contribution is 0.112. The van der Waals surface area contributed by atoms with E-state index in [2.05, 4.69) is 0 Å². The van der Waals surface area contributed by atoms with E-state index in [9.17, 15) is 13.2 Å². The Morgan fingerprint density at radius 3 is 2.46 bits per heavy atom. The van der Waals surface area contributed by atoms with Gasteiger partial charge < -0.3 is 0 Å². The summed E-state index contributed by atoms with van der Waals surface area (Å²) in [5.41, 5.74) is 0.222. The van der Waals surface area contributed by atoms with Crippen LogP contribution in [0.4, 0.5) is 5.69 Å². The van der Waals surface area contributed by atoms with Gasteiger partial charge in [0, 0.05) is 5.56 Å². The standard InChI is InChI=1S/C7H7NO4S/c9-5-6-3-1-2-4-7(6)8-13(10,11)12/h1-5,8H,(H,10,11,12). The number of anilines is 1. The van der Waals surface area contributed by atoms with Gasteiger partial charge in [0.2, 0.25) is 0 Å². The molecule has 70 valence electrons. The first-order valence-electron chi connectivity index (χ1n) is 3.32. The summed E-state index contributed by atoms with van der Waals surface area (Å²) in [6, 6.07) is 5.93. The number of nitrogens with one attached hydrogen (secondary N) is 1. The number of carbonyl (C=O) groups excluding carboxylic acids is 1. The Hall–Kier alpha value is -1.40. The minimum Gasteiger partial charge on any atom is -0.298 e. The van der Waals surface area contributed by atoms with Gasteiger partial charge in [-0.3, -0.25) is 14.1 Å². The molecule has 0 saturated carbocycles. The normalized spacial score (nSPS) is 10.8. The van der Waals surface area contributed by atoms with Crippen molar-refractivity contribution < 1.29 is 17.8 Å². The predicted molar refractivity (Wildman–Crippen MR) is 47.0 cm³/mol. The van der Waals surface area contributed by atoms with E-state index in [0.29, 0.717) is 6.29 Å². The van der Waals surface area contributed by atoms with Crippen LogP contribution in [-0.4, -0.2) is 19.3 Å². The minimum atomic E-state index is -4.32. The molecule has 13 heavy (non-hydrogen) atoms. The number of hydrogen-bond acceptors (Lipinski definition) is 3. The van der Waals surface area contributed by atoms with Crippen molar-refractivity contribution in [1.29, 1.82) is 0 Å². The third-order valence-electron chi connectivity index (χ3n) is 1.33. The van der Waals surface area contributed by atoms with E-state index >= 15 is 0 Å². The Morgan fingerprint density at radius 2 is 1.92 bits per heavy atom. The quantitative estimate of drug-likeness (QED) is 0.557. The van der Waals surface area contributed by atoms with Crippen molar-refractivity contribution in [3.63, 3.8) is 0 Å². The summed E-state index contributed by atoms with van der Waals surface area (Å²) in [4.78, 5) is 10.4. The molecule has 0 amide bonds. The molecule has 0 aliphatic carbocycles. The second-order valence-electron chi connectivity index (χ2n) is 2.28. The van der Waals surface area contributed by atoms with Gasteiger partial charge in [0.25, 0.3) is 0 Å². The van der Waals surface area contributed by atoms with Gasteiger partial charge in [-0.1, -0.05) is 12.1 Å². The first-order valence-corrected chi connectivity index (χ1v) is 4.76. The summed E-state index contributed by atoms with van der Waals surface area (Å²) in [5, 5.41) is 0. The highest BCUT2D eigenvalue weighted by molar-refractivity contribution is 7.87. The highest BCUT2D eigenvalue weighted by atomic mass is 32.2. The van der Waals surface area contributed by atoms with E-state index in [0.717, 1.165) is 0 Å². The number of benzene rings is 1. The van der Waals surface area contributed by atoms with Gasteiger partial charge in [-0.05, 0) is 12.1 Å². The molecule has 1 aromatic rings. The highest BCUT2D eigenvalue weighted by Gasteiger charge is 2.06. The highest BCUT2D eigenvalue weighted by Crippen LogP contribution is 2.13. The molecule has 0 aromatic heterocycles. The van der Waals surface area contributed by atoms with Crippen molar-refractivity contribution in [2.24, 2.45) is 0 Å². The van der Waals surface area contributed by atoms with Gasteiger partial charge >= 0.3 is 10.3 Å². The first kappa shape index (κ1) is 9.69. The first-order chi connectivity index (χ1) is 6.03. The molecule has 1 aromatic carbocycles. The van der Waals surface area contributed by atoms with Crippen LogP contribution in [0.15, 0.2) is 24.3 Å². The van der Waals surface area contributed by atoms with E-state index in [4.69, 9.17) is 4.55 Å². The van der Waals surface area contributed by atoms with Crippen molar-refractivity contribution in [1.82, 2.24) is 0 Å². The zero-order chi connectivity index (χ0) is 9.90. The van der Waals surface area contributed by atoms with E-state index in [1.807, 2.05) is 0 Å². The molecule has 0 aliphatic heterocycles. The molecule has 1 rings (SSSR count). The molecule has 0 heterocycles. The van der Waals surface area contributed by atoms with E-state index in [1.165, 1.54) is 12.1 Å². The van der Waals surface area contributed by atoms with E-state index in [-0.39, 0.29) is 11.3 Å². The molecule has 5 nitrogen and oxygen atoms in total. The maximum atomic E-state index is 10.4. The Bertz CT molecular complexity index is 412. The van der Waals surface area contributed by atoms with Crippen molar-refractivity contribution in [3.05, 3.63) is 29.8 Å². The van der Waals surface area contributed by atoms with Crippen LogP contribution >= 0.6 is 0 Å². The zero-order valence-corrected chi connectivity index (χ0v) is 7.28. The Labute approximate surface area is 75.3 Å². The van der Waals surface area contributed by atoms with Gasteiger partial charge in [0.1, 0.15) is 0 Å². The molecular formula is C7H7NO4S. The summed E-state index contributed by atoms with van der Waals surface area (Å²) in [6.07, 6.45) is 0.494. The number of carbonyl (C=O) groups is 1. The van der Waals surface area contributed by atoms with Crippen LogP contribution < -0.4 is 4.72 Å². The fourth-order valence-corrected chi connectivity index (χ4v) is 1.30. The Balaban J connectivity index is 3.08.